The largest absolute Gasteiger partial charge is 0.497 e. The molecule has 6 nitrogen and oxygen atoms in total. The van der Waals surface area contributed by atoms with E-state index >= 15 is 0 Å². The van der Waals surface area contributed by atoms with Crippen LogP contribution in [0.1, 0.15) is 29.1 Å². The molecule has 1 atom stereocenters. The summed E-state index contributed by atoms with van der Waals surface area (Å²) < 4.78 is 5.13. The second-order valence-corrected chi connectivity index (χ2v) is 8.64. The van der Waals surface area contributed by atoms with Crippen LogP contribution in [0.5, 0.6) is 5.75 Å². The first-order valence-corrected chi connectivity index (χ1v) is 10.8. The standard InChI is InChI=1S/C22H29N3O3S/c1-16(2)20(23-21(26)17-6-8-18(28-3)9-7-17)22(27)25-12-10-24(11-13-25)15-19-5-4-14-29-19/h4-9,14,16,20H,10-13,15H2,1-3H3,(H,23,26)/t20-/m0/s1. The van der Waals surface area contributed by atoms with Gasteiger partial charge in [-0.25, -0.2) is 0 Å². The van der Waals surface area contributed by atoms with Crippen molar-refractivity contribution in [1.29, 1.82) is 0 Å². The Bertz CT molecular complexity index is 797. The molecule has 7 heteroatoms. The number of benzene rings is 1. The summed E-state index contributed by atoms with van der Waals surface area (Å²) in [6.45, 7) is 7.93. The van der Waals surface area contributed by atoms with Gasteiger partial charge in [-0.1, -0.05) is 19.9 Å². The van der Waals surface area contributed by atoms with Gasteiger partial charge < -0.3 is 15.0 Å². The van der Waals surface area contributed by atoms with Crippen molar-refractivity contribution in [3.63, 3.8) is 0 Å². The number of carbonyl (C=O) groups excluding carboxylic acids is 2. The van der Waals surface area contributed by atoms with E-state index in [-0.39, 0.29) is 17.7 Å². The quantitative estimate of drug-likeness (QED) is 0.755. The number of amides is 2. The van der Waals surface area contributed by atoms with E-state index in [0.29, 0.717) is 24.4 Å². The zero-order chi connectivity index (χ0) is 20.8. The van der Waals surface area contributed by atoms with Crippen molar-refractivity contribution in [2.45, 2.75) is 26.4 Å². The van der Waals surface area contributed by atoms with E-state index in [9.17, 15) is 9.59 Å². The molecule has 1 aliphatic heterocycles. The summed E-state index contributed by atoms with van der Waals surface area (Å²) >= 11 is 1.76. The van der Waals surface area contributed by atoms with Crippen molar-refractivity contribution in [3.05, 3.63) is 52.2 Å². The second kappa shape index (κ2) is 9.89. The molecular weight excluding hydrogens is 386 g/mol. The summed E-state index contributed by atoms with van der Waals surface area (Å²) in [5.74, 6) is 0.459. The highest BCUT2D eigenvalue weighted by molar-refractivity contribution is 7.09. The third kappa shape index (κ3) is 5.58. The van der Waals surface area contributed by atoms with Crippen LogP contribution < -0.4 is 10.1 Å². The van der Waals surface area contributed by atoms with Crippen molar-refractivity contribution < 1.29 is 14.3 Å². The molecule has 1 aliphatic rings. The third-order valence-electron chi connectivity index (χ3n) is 5.22. The summed E-state index contributed by atoms with van der Waals surface area (Å²) in [7, 11) is 1.59. The molecule has 0 aliphatic carbocycles. The molecule has 0 spiro atoms. The van der Waals surface area contributed by atoms with E-state index in [4.69, 9.17) is 4.74 Å². The molecule has 1 saturated heterocycles. The zero-order valence-electron chi connectivity index (χ0n) is 17.3. The molecule has 1 aromatic carbocycles. The van der Waals surface area contributed by atoms with Gasteiger partial charge in [0.2, 0.25) is 5.91 Å². The zero-order valence-corrected chi connectivity index (χ0v) is 18.1. The van der Waals surface area contributed by atoms with Gasteiger partial charge in [0.05, 0.1) is 7.11 Å². The van der Waals surface area contributed by atoms with Gasteiger partial charge in [-0.15, -0.1) is 11.3 Å². The normalized spacial score (nSPS) is 15.9. The van der Waals surface area contributed by atoms with Crippen molar-refractivity contribution in [3.8, 4) is 5.75 Å². The van der Waals surface area contributed by atoms with E-state index in [1.54, 1.807) is 42.7 Å². The van der Waals surface area contributed by atoms with E-state index in [1.807, 2.05) is 18.7 Å². The lowest BCUT2D eigenvalue weighted by Crippen LogP contribution is -2.56. The fourth-order valence-corrected chi connectivity index (χ4v) is 4.17. The maximum Gasteiger partial charge on any atom is 0.251 e. The number of methoxy groups -OCH3 is 1. The van der Waals surface area contributed by atoms with Crippen LogP contribution in [0.15, 0.2) is 41.8 Å². The minimum absolute atomic E-state index is 0.00219. The van der Waals surface area contributed by atoms with Gasteiger partial charge in [0, 0.05) is 43.2 Å². The summed E-state index contributed by atoms with van der Waals surface area (Å²) in [5.41, 5.74) is 0.519. The van der Waals surface area contributed by atoms with E-state index in [1.165, 1.54) is 4.88 Å². The number of thiophene rings is 1. The SMILES string of the molecule is COc1ccc(C(=O)N[C@H](C(=O)N2CCN(Cc3cccs3)CC2)C(C)C)cc1. The molecule has 2 aromatic rings. The van der Waals surface area contributed by atoms with Gasteiger partial charge in [-0.2, -0.15) is 0 Å². The minimum Gasteiger partial charge on any atom is -0.497 e. The molecule has 2 amide bonds. The second-order valence-electron chi connectivity index (χ2n) is 7.60. The molecule has 3 rings (SSSR count). The highest BCUT2D eigenvalue weighted by Gasteiger charge is 2.31. The Kier molecular flexibility index (Phi) is 7.28. The smallest absolute Gasteiger partial charge is 0.251 e. The summed E-state index contributed by atoms with van der Waals surface area (Å²) in [6, 6.07) is 10.6. The van der Waals surface area contributed by atoms with Gasteiger partial charge in [0.15, 0.2) is 0 Å². The Hall–Kier alpha value is -2.38. The van der Waals surface area contributed by atoms with Crippen LogP contribution in [-0.2, 0) is 11.3 Å². The molecular formula is C22H29N3O3S. The number of carbonyl (C=O) groups is 2. The van der Waals surface area contributed by atoms with Gasteiger partial charge in [-0.05, 0) is 41.6 Å². The van der Waals surface area contributed by atoms with Gasteiger partial charge in [0.25, 0.3) is 5.91 Å². The maximum atomic E-state index is 13.1. The lowest BCUT2D eigenvalue weighted by atomic mass is 10.0. The minimum atomic E-state index is -0.534. The monoisotopic (exact) mass is 415 g/mol. The molecule has 0 bridgehead atoms. The third-order valence-corrected chi connectivity index (χ3v) is 6.08. The number of hydrogen-bond donors (Lipinski definition) is 1. The summed E-state index contributed by atoms with van der Waals surface area (Å²) in [4.78, 5) is 31.3. The first-order chi connectivity index (χ1) is 14.0. The van der Waals surface area contributed by atoms with Gasteiger partial charge >= 0.3 is 0 Å². The predicted octanol–water partition coefficient (Wildman–Crippen LogP) is 2.86. The fourth-order valence-electron chi connectivity index (χ4n) is 3.43. The molecule has 1 aromatic heterocycles. The number of hydrogen-bond acceptors (Lipinski definition) is 5. The van der Waals surface area contributed by atoms with Crippen LogP contribution in [0.25, 0.3) is 0 Å². The molecule has 156 valence electrons. The van der Waals surface area contributed by atoms with Crippen LogP contribution >= 0.6 is 11.3 Å². The van der Waals surface area contributed by atoms with Crippen molar-refractivity contribution >= 4 is 23.2 Å². The Morgan fingerprint density at radius 3 is 2.34 bits per heavy atom. The number of ether oxygens (including phenoxy) is 1. The van der Waals surface area contributed by atoms with Gasteiger partial charge in [0.1, 0.15) is 11.8 Å². The number of nitrogens with one attached hydrogen (secondary N) is 1. The fraction of sp³-hybridized carbons (Fsp3) is 0.455. The van der Waals surface area contributed by atoms with Crippen LogP contribution in [0.2, 0.25) is 0 Å². The van der Waals surface area contributed by atoms with E-state index < -0.39 is 6.04 Å². The number of rotatable bonds is 7. The molecule has 0 saturated carbocycles. The molecule has 0 radical (unpaired) electrons. The lowest BCUT2D eigenvalue weighted by molar-refractivity contribution is -0.136. The predicted molar refractivity (Wildman–Crippen MR) is 115 cm³/mol. The van der Waals surface area contributed by atoms with Gasteiger partial charge in [-0.3, -0.25) is 14.5 Å². The Morgan fingerprint density at radius 2 is 1.79 bits per heavy atom. The average Bonchev–Trinajstić information content (AvgIpc) is 3.25. The lowest BCUT2D eigenvalue weighted by Gasteiger charge is -2.37. The number of piperazine rings is 1. The molecule has 1 N–H and O–H groups in total. The molecule has 2 heterocycles. The summed E-state index contributed by atoms with van der Waals surface area (Å²) in [6.07, 6.45) is 0. The number of nitrogens with zero attached hydrogens (tertiary/aromatic N) is 2. The van der Waals surface area contributed by atoms with Crippen LogP contribution in [-0.4, -0.2) is 60.9 Å². The molecule has 1 fully saturated rings. The highest BCUT2D eigenvalue weighted by atomic mass is 32.1. The first kappa shape index (κ1) is 21.3. The summed E-state index contributed by atoms with van der Waals surface area (Å²) in [5, 5.41) is 5.02. The molecule has 0 unspecified atom stereocenters. The highest BCUT2D eigenvalue weighted by Crippen LogP contribution is 2.16. The maximum absolute atomic E-state index is 13.1. The van der Waals surface area contributed by atoms with Crippen LogP contribution in [0.3, 0.4) is 0 Å². The van der Waals surface area contributed by atoms with Crippen LogP contribution in [0, 0.1) is 5.92 Å². The van der Waals surface area contributed by atoms with Crippen LogP contribution in [0.4, 0.5) is 0 Å². The average molecular weight is 416 g/mol. The Balaban J connectivity index is 1.57. The van der Waals surface area contributed by atoms with Crippen molar-refractivity contribution in [1.82, 2.24) is 15.1 Å². The topological polar surface area (TPSA) is 61.9 Å². The Morgan fingerprint density at radius 1 is 1.10 bits per heavy atom. The van der Waals surface area contributed by atoms with E-state index in [0.717, 1.165) is 19.6 Å². The van der Waals surface area contributed by atoms with Crippen molar-refractivity contribution in [2.75, 3.05) is 33.3 Å². The Labute approximate surface area is 176 Å². The molecule has 29 heavy (non-hydrogen) atoms. The van der Waals surface area contributed by atoms with Crippen molar-refractivity contribution in [2.24, 2.45) is 5.92 Å². The van der Waals surface area contributed by atoms with E-state index in [2.05, 4.69) is 27.7 Å². The first-order valence-electron chi connectivity index (χ1n) is 9.96.